The van der Waals surface area contributed by atoms with Crippen LogP contribution in [0, 0.1) is 27.7 Å². The highest BCUT2D eigenvalue weighted by molar-refractivity contribution is 5.92. The van der Waals surface area contributed by atoms with E-state index < -0.39 is 0 Å². The van der Waals surface area contributed by atoms with Crippen molar-refractivity contribution in [2.75, 3.05) is 0 Å². The number of benzene rings is 3. The summed E-state index contributed by atoms with van der Waals surface area (Å²) in [5.74, 6) is 0. The van der Waals surface area contributed by atoms with Crippen molar-refractivity contribution >= 4 is 11.6 Å². The molecule has 0 aromatic heterocycles. The molecule has 120 valence electrons. The van der Waals surface area contributed by atoms with Gasteiger partial charge in [-0.05, 0) is 61.6 Å². The molecule has 0 amide bonds. The third-order valence-electron chi connectivity index (χ3n) is 4.46. The molecule has 0 saturated heterocycles. The maximum Gasteiger partial charge on any atom is -0.0105 e. The number of aryl methyl sites for hydroxylation is 4. The highest BCUT2D eigenvalue weighted by Gasteiger charge is 2.07. The Balaban J connectivity index is 2.17. The zero-order chi connectivity index (χ0) is 17.1. The Morgan fingerprint density at radius 3 is 1.54 bits per heavy atom. The summed E-state index contributed by atoms with van der Waals surface area (Å²) in [6, 6.07) is 24.2. The average molecular weight is 312 g/mol. The number of hydrogen-bond acceptors (Lipinski definition) is 0. The fraction of sp³-hybridized carbons (Fsp3) is 0.167. The van der Waals surface area contributed by atoms with Gasteiger partial charge in [0, 0.05) is 0 Å². The lowest BCUT2D eigenvalue weighted by molar-refractivity contribution is 1.37. The lowest BCUT2D eigenvalue weighted by Crippen LogP contribution is -1.91. The Labute approximate surface area is 145 Å². The van der Waals surface area contributed by atoms with Crippen LogP contribution < -0.4 is 0 Å². The van der Waals surface area contributed by atoms with Gasteiger partial charge in [0.25, 0.3) is 0 Å². The van der Waals surface area contributed by atoms with Crippen LogP contribution in [0.25, 0.3) is 11.6 Å². The maximum absolute atomic E-state index is 2.32. The molecule has 0 aliphatic rings. The molecule has 0 radical (unpaired) electrons. The van der Waals surface area contributed by atoms with E-state index in [2.05, 4.69) is 101 Å². The van der Waals surface area contributed by atoms with Crippen LogP contribution >= 0.6 is 0 Å². The summed E-state index contributed by atoms with van der Waals surface area (Å²) in [6.45, 7) is 8.58. The van der Waals surface area contributed by atoms with Gasteiger partial charge in [-0.2, -0.15) is 0 Å². The molecule has 0 saturated carbocycles. The van der Waals surface area contributed by atoms with Crippen LogP contribution in [0.1, 0.15) is 38.9 Å². The highest BCUT2D eigenvalue weighted by Crippen LogP contribution is 2.28. The van der Waals surface area contributed by atoms with E-state index in [-0.39, 0.29) is 0 Å². The van der Waals surface area contributed by atoms with Gasteiger partial charge in [-0.15, -0.1) is 0 Å². The average Bonchev–Trinajstić information content (AvgIpc) is 2.58. The predicted octanol–water partition coefficient (Wildman–Crippen LogP) is 6.51. The van der Waals surface area contributed by atoms with Gasteiger partial charge in [0.15, 0.2) is 0 Å². The Bertz CT molecular complexity index is 815. The lowest BCUT2D eigenvalue weighted by Gasteiger charge is -2.12. The molecule has 0 unspecified atom stereocenters. The molecule has 0 heteroatoms. The first-order valence-corrected chi connectivity index (χ1v) is 8.46. The summed E-state index contributed by atoms with van der Waals surface area (Å²) < 4.78 is 0. The van der Waals surface area contributed by atoms with Gasteiger partial charge >= 0.3 is 0 Å². The quantitative estimate of drug-likeness (QED) is 0.484. The SMILES string of the molecule is Cc1ccc(C(=Cc2cc(C)ccc2C)c2ccc(C)cc2)cc1. The minimum absolute atomic E-state index is 1.25. The van der Waals surface area contributed by atoms with E-state index in [0.717, 1.165) is 0 Å². The molecule has 3 aromatic carbocycles. The van der Waals surface area contributed by atoms with Crippen molar-refractivity contribution in [1.82, 2.24) is 0 Å². The van der Waals surface area contributed by atoms with E-state index in [1.165, 1.54) is 44.5 Å². The van der Waals surface area contributed by atoms with Crippen molar-refractivity contribution < 1.29 is 0 Å². The van der Waals surface area contributed by atoms with Gasteiger partial charge in [-0.3, -0.25) is 0 Å². The van der Waals surface area contributed by atoms with Crippen LogP contribution in [0.5, 0.6) is 0 Å². The molecule has 0 heterocycles. The predicted molar refractivity (Wildman–Crippen MR) is 105 cm³/mol. The first-order chi connectivity index (χ1) is 11.5. The van der Waals surface area contributed by atoms with Gasteiger partial charge in [0.1, 0.15) is 0 Å². The zero-order valence-electron chi connectivity index (χ0n) is 14.9. The van der Waals surface area contributed by atoms with Crippen LogP contribution in [0.15, 0.2) is 66.7 Å². The monoisotopic (exact) mass is 312 g/mol. The Hall–Kier alpha value is -2.60. The van der Waals surface area contributed by atoms with E-state index in [0.29, 0.717) is 0 Å². The molecule has 0 fully saturated rings. The molecule has 3 aromatic rings. The first-order valence-electron chi connectivity index (χ1n) is 8.46. The largest absolute Gasteiger partial charge is 0.0590 e. The summed E-state index contributed by atoms with van der Waals surface area (Å²) in [6.07, 6.45) is 2.32. The van der Waals surface area contributed by atoms with Crippen molar-refractivity contribution in [2.45, 2.75) is 27.7 Å². The number of rotatable bonds is 3. The van der Waals surface area contributed by atoms with Gasteiger partial charge in [-0.1, -0.05) is 83.4 Å². The van der Waals surface area contributed by atoms with Gasteiger partial charge in [-0.25, -0.2) is 0 Å². The Kier molecular flexibility index (Phi) is 4.66. The van der Waals surface area contributed by atoms with Crippen molar-refractivity contribution in [3.05, 3.63) is 106 Å². The summed E-state index contributed by atoms with van der Waals surface area (Å²) in [5, 5.41) is 0. The van der Waals surface area contributed by atoms with E-state index in [1.54, 1.807) is 0 Å². The molecule has 0 nitrogen and oxygen atoms in total. The summed E-state index contributed by atoms with van der Waals surface area (Å²) in [4.78, 5) is 0. The fourth-order valence-electron chi connectivity index (χ4n) is 2.87. The fourth-order valence-corrected chi connectivity index (χ4v) is 2.87. The zero-order valence-corrected chi connectivity index (χ0v) is 14.9. The van der Waals surface area contributed by atoms with Crippen LogP contribution in [0.2, 0.25) is 0 Å². The first kappa shape index (κ1) is 16.3. The second-order valence-electron chi connectivity index (χ2n) is 6.65. The minimum Gasteiger partial charge on any atom is -0.0590 e. The summed E-state index contributed by atoms with van der Waals surface area (Å²) in [7, 11) is 0. The molecule has 0 aliphatic carbocycles. The third-order valence-corrected chi connectivity index (χ3v) is 4.46. The molecular weight excluding hydrogens is 288 g/mol. The molecule has 0 atom stereocenters. The molecule has 0 bridgehead atoms. The molecule has 3 rings (SSSR count). The van der Waals surface area contributed by atoms with Gasteiger partial charge < -0.3 is 0 Å². The Morgan fingerprint density at radius 1 is 0.583 bits per heavy atom. The summed E-state index contributed by atoms with van der Waals surface area (Å²) >= 11 is 0. The maximum atomic E-state index is 2.32. The minimum atomic E-state index is 1.25. The second-order valence-corrected chi connectivity index (χ2v) is 6.65. The molecule has 0 N–H and O–H groups in total. The third kappa shape index (κ3) is 3.65. The molecule has 24 heavy (non-hydrogen) atoms. The van der Waals surface area contributed by atoms with E-state index in [9.17, 15) is 0 Å². The van der Waals surface area contributed by atoms with Crippen LogP contribution in [0.4, 0.5) is 0 Å². The number of hydrogen-bond donors (Lipinski definition) is 0. The van der Waals surface area contributed by atoms with Crippen molar-refractivity contribution in [3.8, 4) is 0 Å². The van der Waals surface area contributed by atoms with Crippen molar-refractivity contribution in [1.29, 1.82) is 0 Å². The van der Waals surface area contributed by atoms with Gasteiger partial charge in [0.05, 0.1) is 0 Å². The summed E-state index contributed by atoms with van der Waals surface area (Å²) in [5.41, 5.74) is 10.2. The van der Waals surface area contributed by atoms with Crippen LogP contribution in [0.3, 0.4) is 0 Å². The molecular formula is C24H24. The second kappa shape index (κ2) is 6.88. The van der Waals surface area contributed by atoms with Crippen LogP contribution in [-0.2, 0) is 0 Å². The van der Waals surface area contributed by atoms with Gasteiger partial charge in [0.2, 0.25) is 0 Å². The van der Waals surface area contributed by atoms with E-state index in [1.807, 2.05) is 0 Å². The molecule has 0 aliphatic heterocycles. The van der Waals surface area contributed by atoms with Crippen molar-refractivity contribution in [3.63, 3.8) is 0 Å². The normalized spacial score (nSPS) is 10.5. The van der Waals surface area contributed by atoms with Crippen LogP contribution in [-0.4, -0.2) is 0 Å². The van der Waals surface area contributed by atoms with E-state index >= 15 is 0 Å². The molecule has 0 spiro atoms. The van der Waals surface area contributed by atoms with E-state index in [4.69, 9.17) is 0 Å². The standard InChI is InChI=1S/C24H24/c1-17-6-11-21(12-7-17)24(22-13-8-18(2)9-14-22)16-23-15-19(3)5-10-20(23)4/h5-16H,1-4H3. The smallest absolute Gasteiger partial charge is 0.0105 e. The Morgan fingerprint density at radius 2 is 1.04 bits per heavy atom. The van der Waals surface area contributed by atoms with Crippen molar-refractivity contribution in [2.24, 2.45) is 0 Å². The topological polar surface area (TPSA) is 0 Å². The lowest BCUT2D eigenvalue weighted by atomic mass is 9.93. The highest BCUT2D eigenvalue weighted by atomic mass is 14.1.